The first kappa shape index (κ1) is 38.3. The Labute approximate surface area is 322 Å². The molecule has 2 saturated carbocycles. The number of pyridine rings is 2. The quantitative estimate of drug-likeness (QED) is 0.192. The number of Topliss-reactive ketones (excluding diaryl/α,β-unsaturated/α-hetero) is 1. The Morgan fingerprint density at radius 1 is 1.09 bits per heavy atom. The van der Waals surface area contributed by atoms with Crippen LogP contribution in [0.25, 0.3) is 22.3 Å². The molecule has 2 aliphatic heterocycles. The highest BCUT2D eigenvalue weighted by molar-refractivity contribution is 7.90. The highest BCUT2D eigenvalue weighted by Crippen LogP contribution is 2.57. The highest BCUT2D eigenvalue weighted by Gasteiger charge is 2.62. The minimum Gasteiger partial charge on any atom is -0.495 e. The van der Waals surface area contributed by atoms with Crippen molar-refractivity contribution >= 4 is 50.1 Å². The van der Waals surface area contributed by atoms with E-state index in [9.17, 15) is 22.8 Å². The molecule has 4 fully saturated rings. The molecule has 6 atom stereocenters. The second kappa shape index (κ2) is 13.9. The van der Waals surface area contributed by atoms with Crippen LogP contribution in [0.5, 0.6) is 11.5 Å². The Morgan fingerprint density at radius 2 is 1.83 bits per heavy atom. The fourth-order valence-corrected chi connectivity index (χ4v) is 10.1. The molecule has 0 spiro atoms. The van der Waals surface area contributed by atoms with Crippen molar-refractivity contribution in [3.05, 3.63) is 59.8 Å². The summed E-state index contributed by atoms with van der Waals surface area (Å²) in [6.45, 7) is 14.1. The molecule has 4 aliphatic rings. The maximum absolute atomic E-state index is 14.5. The fourth-order valence-electron chi connectivity index (χ4n) is 8.38. The third kappa shape index (κ3) is 6.89. The third-order valence-corrected chi connectivity index (χ3v) is 14.0. The predicted octanol–water partition coefficient (Wildman–Crippen LogP) is 7.02. The smallest absolute Gasteiger partial charge is 0.240 e. The first-order valence-corrected chi connectivity index (χ1v) is 20.8. The second-order valence-electron chi connectivity index (χ2n) is 16.8. The number of methoxy groups -OCH3 is 1. The van der Waals surface area contributed by atoms with Crippen LogP contribution < -0.4 is 14.2 Å². The van der Waals surface area contributed by atoms with E-state index in [4.69, 9.17) is 31.0 Å². The summed E-state index contributed by atoms with van der Waals surface area (Å²) in [5.41, 5.74) is 0.975. The molecule has 11 nitrogen and oxygen atoms in total. The van der Waals surface area contributed by atoms with E-state index in [1.165, 1.54) is 7.11 Å². The molecule has 0 bridgehead atoms. The number of fused-ring (bicyclic) bond motifs is 2. The number of carbonyl (C=O) groups is 3. The van der Waals surface area contributed by atoms with Gasteiger partial charge < -0.3 is 14.4 Å². The summed E-state index contributed by atoms with van der Waals surface area (Å²) >= 11 is 6.86. The van der Waals surface area contributed by atoms with E-state index in [1.807, 2.05) is 51.1 Å². The van der Waals surface area contributed by atoms with Gasteiger partial charge in [-0.05, 0) is 73.6 Å². The summed E-state index contributed by atoms with van der Waals surface area (Å²) in [6, 6.07) is 9.92. The number of carbonyl (C=O) groups excluding carboxylic acids is 3. The van der Waals surface area contributed by atoms with Crippen molar-refractivity contribution in [1.29, 1.82) is 0 Å². The topological polar surface area (TPSA) is 145 Å². The van der Waals surface area contributed by atoms with Crippen molar-refractivity contribution in [2.24, 2.45) is 22.7 Å². The standard InChI is InChI=1S/C41H49ClN4O7S/c1-8-23-20-41(23,39(49)45-54(50,51)24-12-13-24)21-32(47)31-19-35(30-16-15-26(40(4,5)6)38(48)46(30)31)53-34-18-29(28-11-9-10-27(43-28)22(2)3)44-37-25(34)14-17-33(52-7)36(37)42/h8-11,14,17-18,22-24,26,30-31,35H,1,12-13,15-16,19-21H2,2-7H3,(H,45,49)/t23-,26+,30-,31+,35-,41-/m1/s1. The lowest BCUT2D eigenvalue weighted by Gasteiger charge is -2.43. The predicted molar refractivity (Wildman–Crippen MR) is 207 cm³/mol. The second-order valence-corrected chi connectivity index (χ2v) is 19.2. The van der Waals surface area contributed by atoms with Crippen molar-refractivity contribution in [1.82, 2.24) is 19.6 Å². The number of piperidine rings is 1. The minimum atomic E-state index is -3.82. The van der Waals surface area contributed by atoms with E-state index >= 15 is 0 Å². The molecule has 0 unspecified atom stereocenters. The molecular weight excluding hydrogens is 728 g/mol. The summed E-state index contributed by atoms with van der Waals surface area (Å²) in [4.78, 5) is 54.1. The van der Waals surface area contributed by atoms with Gasteiger partial charge in [0.2, 0.25) is 21.8 Å². The van der Waals surface area contributed by atoms with Crippen molar-refractivity contribution in [2.75, 3.05) is 7.11 Å². The molecule has 288 valence electrons. The van der Waals surface area contributed by atoms with Crippen LogP contribution >= 0.6 is 11.6 Å². The zero-order valence-electron chi connectivity index (χ0n) is 31.7. The zero-order chi connectivity index (χ0) is 38.9. The summed E-state index contributed by atoms with van der Waals surface area (Å²) < 4.78 is 40.3. The van der Waals surface area contributed by atoms with Crippen LogP contribution in [0, 0.1) is 22.7 Å². The van der Waals surface area contributed by atoms with Crippen molar-refractivity contribution in [3.63, 3.8) is 0 Å². The first-order valence-electron chi connectivity index (χ1n) is 18.8. The SMILES string of the molecule is C=C[C@@H]1C[C@]1(CC(=O)[C@@H]1C[C@@H](Oc2cc(-c3cccc(C(C)C)n3)nc3c(Cl)c(OC)ccc23)[C@H]2CC[C@H](C(C)(C)C)C(=O)N21)C(=O)NS(=O)(=O)C1CC1. The molecule has 54 heavy (non-hydrogen) atoms. The maximum atomic E-state index is 14.5. The molecule has 0 radical (unpaired) electrons. The number of nitrogens with zero attached hydrogens (tertiary/aromatic N) is 3. The molecule has 3 aromatic rings. The van der Waals surface area contributed by atoms with Gasteiger partial charge in [0.25, 0.3) is 0 Å². The van der Waals surface area contributed by atoms with Crippen LogP contribution in [-0.2, 0) is 24.4 Å². The van der Waals surface area contributed by atoms with Gasteiger partial charge in [0.05, 0.1) is 46.8 Å². The number of benzene rings is 1. The van der Waals surface area contributed by atoms with Crippen molar-refractivity contribution in [2.45, 2.75) is 109 Å². The Balaban J connectivity index is 1.25. The van der Waals surface area contributed by atoms with E-state index < -0.39 is 44.8 Å². The van der Waals surface area contributed by atoms with E-state index in [2.05, 4.69) is 25.1 Å². The Bertz CT molecular complexity index is 2150. The number of ketones is 1. The molecule has 2 aliphatic carbocycles. The fraction of sp³-hybridized carbons (Fsp3) is 0.537. The largest absolute Gasteiger partial charge is 0.495 e. The molecule has 2 amide bonds. The number of allylic oxidation sites excluding steroid dienone is 1. The van der Waals surface area contributed by atoms with Crippen LogP contribution in [0.3, 0.4) is 0 Å². The molecule has 13 heteroatoms. The molecule has 1 N–H and O–H groups in total. The number of ether oxygens (including phenoxy) is 2. The number of hydrogen-bond donors (Lipinski definition) is 1. The van der Waals surface area contributed by atoms with Gasteiger partial charge in [-0.1, -0.05) is 58.4 Å². The van der Waals surface area contributed by atoms with E-state index in [0.29, 0.717) is 70.9 Å². The monoisotopic (exact) mass is 776 g/mol. The normalized spacial score (nSPS) is 26.8. The maximum Gasteiger partial charge on any atom is 0.240 e. The van der Waals surface area contributed by atoms with Gasteiger partial charge in [-0.25, -0.2) is 13.4 Å². The number of sulfonamides is 1. The van der Waals surface area contributed by atoms with Crippen LogP contribution in [0.15, 0.2) is 49.1 Å². The van der Waals surface area contributed by atoms with E-state index in [-0.39, 0.29) is 47.7 Å². The van der Waals surface area contributed by atoms with Crippen LogP contribution in [-0.4, -0.2) is 71.4 Å². The van der Waals surface area contributed by atoms with Crippen molar-refractivity contribution in [3.8, 4) is 22.9 Å². The minimum absolute atomic E-state index is 0.114. The third-order valence-electron chi connectivity index (χ3n) is 11.8. The van der Waals surface area contributed by atoms with Crippen LogP contribution in [0.1, 0.15) is 91.2 Å². The van der Waals surface area contributed by atoms with Gasteiger partial charge in [-0.15, -0.1) is 6.58 Å². The number of amides is 2. The summed E-state index contributed by atoms with van der Waals surface area (Å²) in [6.07, 6.45) is 3.59. The number of aromatic nitrogens is 2. The zero-order valence-corrected chi connectivity index (χ0v) is 33.3. The Morgan fingerprint density at radius 3 is 2.46 bits per heavy atom. The lowest BCUT2D eigenvalue weighted by molar-refractivity contribution is -0.151. The molecular formula is C41H49ClN4O7S. The van der Waals surface area contributed by atoms with Gasteiger partial charge in [0, 0.05) is 35.9 Å². The first-order chi connectivity index (χ1) is 25.5. The van der Waals surface area contributed by atoms with Crippen LogP contribution in [0.2, 0.25) is 5.02 Å². The van der Waals surface area contributed by atoms with E-state index in [0.717, 1.165) is 5.69 Å². The molecule has 7 rings (SSSR count). The van der Waals surface area contributed by atoms with Crippen LogP contribution in [0.4, 0.5) is 0 Å². The van der Waals surface area contributed by atoms with Gasteiger partial charge in [0.15, 0.2) is 5.78 Å². The number of halogens is 1. The van der Waals surface area contributed by atoms with Gasteiger partial charge in [0.1, 0.15) is 22.6 Å². The molecule has 2 aromatic heterocycles. The average molecular weight is 777 g/mol. The van der Waals surface area contributed by atoms with Crippen molar-refractivity contribution < 1.29 is 32.3 Å². The van der Waals surface area contributed by atoms with Gasteiger partial charge in [-0.2, -0.15) is 0 Å². The molecule has 1 aromatic carbocycles. The number of nitrogens with one attached hydrogen (secondary N) is 1. The Hall–Kier alpha value is -4.03. The summed E-state index contributed by atoms with van der Waals surface area (Å²) in [7, 11) is -2.29. The number of rotatable bonds is 12. The highest BCUT2D eigenvalue weighted by atomic mass is 35.5. The van der Waals surface area contributed by atoms with Gasteiger partial charge >= 0.3 is 0 Å². The lowest BCUT2D eigenvalue weighted by Crippen LogP contribution is -2.55. The average Bonchev–Trinajstić information content (AvgIpc) is 4.05. The van der Waals surface area contributed by atoms with E-state index in [1.54, 1.807) is 17.0 Å². The lowest BCUT2D eigenvalue weighted by atomic mass is 9.74. The molecule has 2 saturated heterocycles. The van der Waals surface area contributed by atoms with Gasteiger partial charge in [-0.3, -0.25) is 24.1 Å². The Kier molecular flexibility index (Phi) is 9.86. The molecule has 4 heterocycles. The number of hydrogen-bond acceptors (Lipinski definition) is 9. The summed E-state index contributed by atoms with van der Waals surface area (Å²) in [5.74, 6) is -0.629. The summed E-state index contributed by atoms with van der Waals surface area (Å²) in [5, 5.41) is 0.372.